The molecule has 4 nitrogen and oxygen atoms in total. The van der Waals surface area contributed by atoms with Crippen molar-refractivity contribution in [3.05, 3.63) is 0 Å². The Morgan fingerprint density at radius 2 is 2.38 bits per heavy atom. The molecule has 0 spiro atoms. The number of hydrogen-bond acceptors (Lipinski definition) is 3. The highest BCUT2D eigenvalue weighted by molar-refractivity contribution is 5.50. The van der Waals surface area contributed by atoms with E-state index in [0.29, 0.717) is 6.54 Å². The van der Waals surface area contributed by atoms with Crippen LogP contribution in [0.4, 0.5) is 0 Å². The fourth-order valence-electron chi connectivity index (χ4n) is 0.298. The first-order valence-corrected chi connectivity index (χ1v) is 2.58. The Morgan fingerprint density at radius 3 is 2.88 bits per heavy atom. The lowest BCUT2D eigenvalue weighted by Crippen LogP contribution is -2.13. The summed E-state index contributed by atoms with van der Waals surface area (Å²) in [6.45, 7) is 1.48. The van der Waals surface area contributed by atoms with Crippen LogP contribution in [0.15, 0.2) is 5.10 Å². The molecule has 0 rings (SSSR count). The molecule has 0 amide bonds. The van der Waals surface area contributed by atoms with Crippen LogP contribution >= 0.6 is 0 Å². The summed E-state index contributed by atoms with van der Waals surface area (Å²) < 4.78 is 0. The van der Waals surface area contributed by atoms with Gasteiger partial charge in [0.1, 0.15) is 6.34 Å². The molecule has 0 fully saturated rings. The Hall–Kier alpha value is -0.770. The van der Waals surface area contributed by atoms with Crippen LogP contribution < -0.4 is 16.9 Å². The molecule has 0 aromatic carbocycles. The zero-order chi connectivity index (χ0) is 6.24. The second-order valence-corrected chi connectivity index (χ2v) is 1.33. The third-order valence-electron chi connectivity index (χ3n) is 0.659. The van der Waals surface area contributed by atoms with Gasteiger partial charge in [0.15, 0.2) is 0 Å². The predicted octanol–water partition coefficient (Wildman–Crippen LogP) is -1.17. The van der Waals surface area contributed by atoms with Gasteiger partial charge in [-0.25, -0.2) is 0 Å². The minimum absolute atomic E-state index is 0.688. The standard InChI is InChI=1S/C4H12N4/c5-2-1-3-7-8-4-6/h4,7H,1-3,5H2,(H2,6,8). The van der Waals surface area contributed by atoms with Crippen LogP contribution in [0.5, 0.6) is 0 Å². The van der Waals surface area contributed by atoms with Gasteiger partial charge in [-0.2, -0.15) is 5.10 Å². The fraction of sp³-hybridized carbons (Fsp3) is 0.750. The molecule has 4 heteroatoms. The molecule has 0 aromatic heterocycles. The Bertz CT molecular complexity index is 61.1. The van der Waals surface area contributed by atoms with Crippen molar-refractivity contribution in [3.63, 3.8) is 0 Å². The zero-order valence-electron chi connectivity index (χ0n) is 4.80. The van der Waals surface area contributed by atoms with Gasteiger partial charge >= 0.3 is 0 Å². The SMILES string of the molecule is NC=NNCCCN. The van der Waals surface area contributed by atoms with E-state index in [-0.39, 0.29) is 0 Å². The monoisotopic (exact) mass is 116 g/mol. The lowest BCUT2D eigenvalue weighted by atomic mass is 10.4. The van der Waals surface area contributed by atoms with Crippen molar-refractivity contribution in [2.24, 2.45) is 16.6 Å². The highest BCUT2D eigenvalue weighted by Gasteiger charge is 1.76. The maximum atomic E-state index is 5.19. The van der Waals surface area contributed by atoms with Crippen molar-refractivity contribution in [2.75, 3.05) is 13.1 Å². The third kappa shape index (κ3) is 5.23. The van der Waals surface area contributed by atoms with E-state index in [9.17, 15) is 0 Å². The summed E-state index contributed by atoms with van der Waals surface area (Å²) in [6, 6.07) is 0. The van der Waals surface area contributed by atoms with E-state index >= 15 is 0 Å². The van der Waals surface area contributed by atoms with Crippen molar-refractivity contribution in [2.45, 2.75) is 6.42 Å². The summed E-state index contributed by atoms with van der Waals surface area (Å²) in [6.07, 6.45) is 2.15. The lowest BCUT2D eigenvalue weighted by molar-refractivity contribution is 0.691. The molecular weight excluding hydrogens is 104 g/mol. The van der Waals surface area contributed by atoms with E-state index in [1.807, 2.05) is 0 Å². The number of nitrogens with zero attached hydrogens (tertiary/aromatic N) is 1. The van der Waals surface area contributed by atoms with Crippen LogP contribution in [0.1, 0.15) is 6.42 Å². The normalized spacial score (nSPS) is 10.1. The van der Waals surface area contributed by atoms with Crippen molar-refractivity contribution >= 4 is 6.34 Å². The summed E-state index contributed by atoms with van der Waals surface area (Å²) >= 11 is 0. The molecule has 8 heavy (non-hydrogen) atoms. The van der Waals surface area contributed by atoms with Crippen molar-refractivity contribution in [3.8, 4) is 0 Å². The van der Waals surface area contributed by atoms with Crippen molar-refractivity contribution < 1.29 is 0 Å². The largest absolute Gasteiger partial charge is 0.388 e. The van der Waals surface area contributed by atoms with E-state index in [1.54, 1.807) is 0 Å². The van der Waals surface area contributed by atoms with Gasteiger partial charge in [0, 0.05) is 6.54 Å². The molecule has 0 saturated carbocycles. The third-order valence-corrected chi connectivity index (χ3v) is 0.659. The first-order chi connectivity index (χ1) is 3.91. The van der Waals surface area contributed by atoms with Crippen LogP contribution in [0.25, 0.3) is 0 Å². The fourth-order valence-corrected chi connectivity index (χ4v) is 0.298. The molecule has 0 aliphatic carbocycles. The maximum Gasteiger partial charge on any atom is 0.106 e. The first kappa shape index (κ1) is 7.23. The minimum atomic E-state index is 0.688. The van der Waals surface area contributed by atoms with Gasteiger partial charge in [-0.3, -0.25) is 0 Å². The Kier molecular flexibility index (Phi) is 5.63. The smallest absolute Gasteiger partial charge is 0.106 e. The summed E-state index contributed by atoms with van der Waals surface area (Å²) in [4.78, 5) is 0. The van der Waals surface area contributed by atoms with Gasteiger partial charge < -0.3 is 16.9 Å². The van der Waals surface area contributed by atoms with Gasteiger partial charge in [-0.05, 0) is 13.0 Å². The Balaban J connectivity index is 2.72. The molecule has 0 atom stereocenters. The Morgan fingerprint density at radius 1 is 1.62 bits per heavy atom. The molecule has 0 radical (unpaired) electrons. The minimum Gasteiger partial charge on any atom is -0.388 e. The molecule has 0 unspecified atom stereocenters. The number of nitrogens with one attached hydrogen (secondary N) is 1. The second kappa shape index (κ2) is 6.23. The number of hydrazone groups is 1. The molecule has 5 N–H and O–H groups in total. The first-order valence-electron chi connectivity index (χ1n) is 2.58. The average Bonchev–Trinajstić information content (AvgIpc) is 1.81. The van der Waals surface area contributed by atoms with Crippen LogP contribution in [-0.4, -0.2) is 19.4 Å². The quantitative estimate of drug-likeness (QED) is 0.187. The van der Waals surface area contributed by atoms with Gasteiger partial charge in [-0.1, -0.05) is 0 Å². The highest BCUT2D eigenvalue weighted by atomic mass is 15.3. The maximum absolute atomic E-state index is 5.19. The summed E-state index contributed by atoms with van der Waals surface area (Å²) in [5, 5.41) is 3.56. The van der Waals surface area contributed by atoms with E-state index in [2.05, 4.69) is 10.5 Å². The highest BCUT2D eigenvalue weighted by Crippen LogP contribution is 1.66. The lowest BCUT2D eigenvalue weighted by Gasteiger charge is -1.93. The van der Waals surface area contributed by atoms with E-state index in [0.717, 1.165) is 13.0 Å². The van der Waals surface area contributed by atoms with E-state index in [1.165, 1.54) is 6.34 Å². The molecule has 0 aliphatic heterocycles. The molecule has 0 saturated heterocycles. The summed E-state index contributed by atoms with van der Waals surface area (Å²) in [5.41, 5.74) is 12.8. The van der Waals surface area contributed by atoms with Crippen LogP contribution in [0.2, 0.25) is 0 Å². The molecular formula is C4H12N4. The average molecular weight is 116 g/mol. The number of nitrogens with two attached hydrogens (primary N) is 2. The van der Waals surface area contributed by atoms with Gasteiger partial charge in [0.2, 0.25) is 0 Å². The summed E-state index contributed by atoms with van der Waals surface area (Å²) in [5.74, 6) is 0. The topological polar surface area (TPSA) is 76.4 Å². The van der Waals surface area contributed by atoms with Crippen molar-refractivity contribution in [1.82, 2.24) is 5.43 Å². The van der Waals surface area contributed by atoms with Crippen LogP contribution in [0.3, 0.4) is 0 Å². The van der Waals surface area contributed by atoms with Crippen molar-refractivity contribution in [1.29, 1.82) is 0 Å². The molecule has 48 valence electrons. The number of rotatable bonds is 4. The Labute approximate surface area is 48.9 Å². The molecule has 0 bridgehead atoms. The van der Waals surface area contributed by atoms with E-state index in [4.69, 9.17) is 11.5 Å². The predicted molar refractivity (Wildman–Crippen MR) is 34.4 cm³/mol. The van der Waals surface area contributed by atoms with Gasteiger partial charge in [0.25, 0.3) is 0 Å². The van der Waals surface area contributed by atoms with Crippen LogP contribution in [-0.2, 0) is 0 Å². The number of hydrogen-bond donors (Lipinski definition) is 3. The summed E-state index contributed by atoms with van der Waals surface area (Å²) in [7, 11) is 0. The van der Waals surface area contributed by atoms with E-state index < -0.39 is 0 Å². The molecule has 0 heterocycles. The molecule has 0 aliphatic rings. The molecule has 0 aromatic rings. The van der Waals surface area contributed by atoms with Gasteiger partial charge in [0.05, 0.1) is 0 Å². The van der Waals surface area contributed by atoms with Gasteiger partial charge in [-0.15, -0.1) is 0 Å². The second-order valence-electron chi connectivity index (χ2n) is 1.33. The zero-order valence-corrected chi connectivity index (χ0v) is 4.80. The van der Waals surface area contributed by atoms with Crippen LogP contribution in [0, 0.1) is 0 Å².